The molecule has 6 rings (SSSR count). The monoisotopic (exact) mass is 472 g/mol. The summed E-state index contributed by atoms with van der Waals surface area (Å²) >= 11 is 1.81. The number of ether oxygens (including phenoxy) is 1. The first kappa shape index (κ1) is 21.4. The van der Waals surface area contributed by atoms with Gasteiger partial charge in [-0.25, -0.2) is 15.0 Å². The number of nitrogens with zero attached hydrogens (tertiary/aromatic N) is 5. The van der Waals surface area contributed by atoms with Crippen molar-refractivity contribution in [1.29, 1.82) is 0 Å². The van der Waals surface area contributed by atoms with Crippen LogP contribution >= 0.6 is 11.3 Å². The summed E-state index contributed by atoms with van der Waals surface area (Å²) in [4.78, 5) is 23.7. The molecule has 0 radical (unpaired) electrons. The zero-order valence-electron chi connectivity index (χ0n) is 19.5. The van der Waals surface area contributed by atoms with Crippen molar-refractivity contribution in [3.05, 3.63) is 58.9 Å². The van der Waals surface area contributed by atoms with E-state index in [9.17, 15) is 0 Å². The number of morpholine rings is 1. The third-order valence-electron chi connectivity index (χ3n) is 6.50. The largest absolute Gasteiger partial charge is 0.372 e. The Morgan fingerprint density at radius 3 is 2.74 bits per heavy atom. The minimum atomic E-state index is 0.216. The molecular weight excluding hydrogens is 444 g/mol. The molecule has 0 aromatic carbocycles. The fraction of sp³-hybridized carbons (Fsp3) is 0.385. The molecule has 0 spiro atoms. The number of aryl methyl sites for hydroxylation is 2. The second-order valence-corrected chi connectivity index (χ2v) is 10.3. The van der Waals surface area contributed by atoms with Gasteiger partial charge in [-0.15, -0.1) is 11.3 Å². The van der Waals surface area contributed by atoms with E-state index < -0.39 is 0 Å². The van der Waals surface area contributed by atoms with Gasteiger partial charge in [0.05, 0.1) is 17.6 Å². The summed E-state index contributed by atoms with van der Waals surface area (Å²) in [5, 5.41) is 4.79. The Hall–Kier alpha value is -3.10. The smallest absolute Gasteiger partial charge is 0.164 e. The number of fused-ring (bicyclic) bond motifs is 3. The Bertz CT molecular complexity index is 1300. The van der Waals surface area contributed by atoms with Crippen LogP contribution in [0.1, 0.15) is 36.3 Å². The Morgan fingerprint density at radius 2 is 1.97 bits per heavy atom. The molecule has 8 heteroatoms. The van der Waals surface area contributed by atoms with Crippen LogP contribution in [-0.2, 0) is 24.1 Å². The molecule has 4 aromatic heterocycles. The molecule has 1 fully saturated rings. The van der Waals surface area contributed by atoms with Gasteiger partial charge in [0.1, 0.15) is 16.5 Å². The zero-order chi connectivity index (χ0) is 23.1. The lowest BCUT2D eigenvalue weighted by Gasteiger charge is -2.36. The standard InChI is InChI=1S/C26H28N6OS/c1-16-14-32(15-17(2)33-16)22-9-8-18(11-28-22)12-29-25-23-20-6-3-7-21(20)34-26(23)31-24(30-25)19-5-4-10-27-13-19/h4-5,8-11,13,16-17H,3,6-7,12,14-15H2,1-2H3,(H,29,30,31). The molecular formula is C26H28N6OS. The van der Waals surface area contributed by atoms with Gasteiger partial charge in [-0.2, -0.15) is 0 Å². The zero-order valence-corrected chi connectivity index (χ0v) is 20.3. The van der Waals surface area contributed by atoms with Crippen LogP contribution in [0.2, 0.25) is 0 Å². The lowest BCUT2D eigenvalue weighted by Crippen LogP contribution is -2.45. The van der Waals surface area contributed by atoms with Crippen molar-refractivity contribution >= 4 is 33.2 Å². The highest BCUT2D eigenvalue weighted by molar-refractivity contribution is 7.19. The predicted octanol–water partition coefficient (Wildman–Crippen LogP) is 4.86. The quantitative estimate of drug-likeness (QED) is 0.444. The number of hydrogen-bond acceptors (Lipinski definition) is 8. The topological polar surface area (TPSA) is 76.1 Å². The summed E-state index contributed by atoms with van der Waals surface area (Å²) in [7, 11) is 0. The summed E-state index contributed by atoms with van der Waals surface area (Å²) in [6, 6.07) is 8.20. The van der Waals surface area contributed by atoms with Gasteiger partial charge in [0.25, 0.3) is 0 Å². The van der Waals surface area contributed by atoms with Crippen molar-refractivity contribution in [1.82, 2.24) is 19.9 Å². The minimum Gasteiger partial charge on any atom is -0.372 e. The average molecular weight is 473 g/mol. The lowest BCUT2D eigenvalue weighted by atomic mass is 10.1. The van der Waals surface area contributed by atoms with Crippen LogP contribution in [0, 0.1) is 0 Å². The van der Waals surface area contributed by atoms with Crippen molar-refractivity contribution in [3.8, 4) is 11.4 Å². The van der Waals surface area contributed by atoms with E-state index in [-0.39, 0.29) is 12.2 Å². The van der Waals surface area contributed by atoms with E-state index in [1.807, 2.05) is 35.9 Å². The predicted molar refractivity (Wildman–Crippen MR) is 136 cm³/mol. The normalized spacial score (nSPS) is 20.0. The highest BCUT2D eigenvalue weighted by Gasteiger charge is 2.24. The number of hydrogen-bond donors (Lipinski definition) is 1. The van der Waals surface area contributed by atoms with E-state index in [1.54, 1.807) is 6.20 Å². The van der Waals surface area contributed by atoms with Crippen molar-refractivity contribution in [2.45, 2.75) is 51.9 Å². The molecule has 0 amide bonds. The maximum atomic E-state index is 5.86. The molecule has 0 saturated carbocycles. The van der Waals surface area contributed by atoms with E-state index in [0.29, 0.717) is 12.4 Å². The van der Waals surface area contributed by atoms with Crippen LogP contribution in [0.4, 0.5) is 11.6 Å². The number of anilines is 2. The second-order valence-electron chi connectivity index (χ2n) is 9.22. The lowest BCUT2D eigenvalue weighted by molar-refractivity contribution is -0.00545. The van der Waals surface area contributed by atoms with E-state index in [4.69, 9.17) is 19.7 Å². The summed E-state index contributed by atoms with van der Waals surface area (Å²) in [5.41, 5.74) is 3.48. The Morgan fingerprint density at radius 1 is 1.09 bits per heavy atom. The number of thiophene rings is 1. The molecule has 1 N–H and O–H groups in total. The number of rotatable bonds is 5. The molecule has 2 unspecified atom stereocenters. The molecule has 7 nitrogen and oxygen atoms in total. The first-order valence-corrected chi connectivity index (χ1v) is 12.8. The summed E-state index contributed by atoms with van der Waals surface area (Å²) in [5.74, 6) is 2.62. The van der Waals surface area contributed by atoms with Gasteiger partial charge in [-0.05, 0) is 62.4 Å². The maximum Gasteiger partial charge on any atom is 0.164 e. The Labute approximate surface area is 203 Å². The van der Waals surface area contributed by atoms with E-state index >= 15 is 0 Å². The van der Waals surface area contributed by atoms with Crippen molar-refractivity contribution in [3.63, 3.8) is 0 Å². The van der Waals surface area contributed by atoms with E-state index in [2.05, 4.69) is 41.2 Å². The fourth-order valence-corrected chi connectivity index (χ4v) is 6.27. The maximum absolute atomic E-state index is 5.86. The van der Waals surface area contributed by atoms with Crippen LogP contribution in [0.3, 0.4) is 0 Å². The highest BCUT2D eigenvalue weighted by Crippen LogP contribution is 2.40. The van der Waals surface area contributed by atoms with Crippen LogP contribution in [0.15, 0.2) is 42.9 Å². The molecule has 2 atom stereocenters. The van der Waals surface area contributed by atoms with Crippen LogP contribution in [0.25, 0.3) is 21.6 Å². The average Bonchev–Trinajstić information content (AvgIpc) is 3.44. The summed E-state index contributed by atoms with van der Waals surface area (Å²) in [6.45, 7) is 6.63. The molecule has 5 heterocycles. The summed E-state index contributed by atoms with van der Waals surface area (Å²) < 4.78 is 5.86. The third-order valence-corrected chi connectivity index (χ3v) is 7.68. The van der Waals surface area contributed by atoms with Gasteiger partial charge >= 0.3 is 0 Å². The van der Waals surface area contributed by atoms with Gasteiger partial charge in [-0.1, -0.05) is 6.07 Å². The van der Waals surface area contributed by atoms with E-state index in [0.717, 1.165) is 53.5 Å². The van der Waals surface area contributed by atoms with Gasteiger partial charge in [0.2, 0.25) is 0 Å². The van der Waals surface area contributed by atoms with E-state index in [1.165, 1.54) is 22.2 Å². The molecule has 34 heavy (non-hydrogen) atoms. The molecule has 4 aromatic rings. The minimum absolute atomic E-state index is 0.216. The summed E-state index contributed by atoms with van der Waals surface area (Å²) in [6.07, 6.45) is 9.45. The first-order valence-electron chi connectivity index (χ1n) is 12.0. The van der Waals surface area contributed by atoms with Crippen LogP contribution in [0.5, 0.6) is 0 Å². The molecule has 1 saturated heterocycles. The van der Waals surface area contributed by atoms with Crippen LogP contribution < -0.4 is 10.2 Å². The number of pyridine rings is 2. The van der Waals surface area contributed by atoms with Gasteiger partial charge < -0.3 is 15.0 Å². The molecule has 1 aliphatic carbocycles. The Balaban J connectivity index is 1.27. The third kappa shape index (κ3) is 4.12. The SMILES string of the molecule is CC1CN(c2ccc(CNc3nc(-c4cccnc4)nc4sc5c(c34)CCC5)cn2)CC(C)O1. The second kappa shape index (κ2) is 8.92. The van der Waals surface area contributed by atoms with Crippen LogP contribution in [-0.4, -0.2) is 45.2 Å². The fourth-order valence-electron chi connectivity index (χ4n) is 5.01. The first-order chi connectivity index (χ1) is 16.6. The molecule has 174 valence electrons. The van der Waals surface area contributed by atoms with Crippen molar-refractivity contribution in [2.24, 2.45) is 0 Å². The Kier molecular flexibility index (Phi) is 5.63. The molecule has 2 aliphatic rings. The van der Waals surface area contributed by atoms with Crippen molar-refractivity contribution < 1.29 is 4.74 Å². The number of aromatic nitrogens is 4. The molecule has 1 aliphatic heterocycles. The van der Waals surface area contributed by atoms with Crippen molar-refractivity contribution in [2.75, 3.05) is 23.3 Å². The number of nitrogens with one attached hydrogen (secondary N) is 1. The van der Waals surface area contributed by atoms with Gasteiger partial charge in [-0.3, -0.25) is 4.98 Å². The van der Waals surface area contributed by atoms with Gasteiger partial charge in [0.15, 0.2) is 5.82 Å². The highest BCUT2D eigenvalue weighted by atomic mass is 32.1. The molecule has 0 bridgehead atoms. The van der Waals surface area contributed by atoms with Gasteiger partial charge in [0, 0.05) is 48.7 Å².